The van der Waals surface area contributed by atoms with Crippen LogP contribution in [0.5, 0.6) is 0 Å². The van der Waals surface area contributed by atoms with E-state index in [-0.39, 0.29) is 0 Å². The van der Waals surface area contributed by atoms with Crippen LogP contribution in [0.3, 0.4) is 0 Å². The Morgan fingerprint density at radius 2 is 0.938 bits per heavy atom. The van der Waals surface area contributed by atoms with E-state index in [1.54, 1.807) is 0 Å². The van der Waals surface area contributed by atoms with Crippen LogP contribution in [-0.2, 0) is 11.1 Å². The molecule has 0 radical (unpaired) electrons. The molecule has 2 heterocycles. The van der Waals surface area contributed by atoms with Gasteiger partial charge >= 0.3 is 0 Å². The monoisotopic (exact) mass is 584 g/mol. The first-order valence-corrected chi connectivity index (χ1v) is 12.5. The van der Waals surface area contributed by atoms with Gasteiger partial charge in [-0.3, -0.25) is 0 Å². The fourth-order valence-corrected chi connectivity index (χ4v) is 6.64. The summed E-state index contributed by atoms with van der Waals surface area (Å²) >= 11 is 21.2. The van der Waals surface area contributed by atoms with Gasteiger partial charge in [-0.25, -0.2) is 0 Å². The van der Waals surface area contributed by atoms with Gasteiger partial charge in [0.25, 0.3) is 0 Å². The van der Waals surface area contributed by atoms with Gasteiger partial charge in [0, 0.05) is 52.6 Å². The van der Waals surface area contributed by atoms with Crippen molar-refractivity contribution in [3.63, 3.8) is 0 Å². The lowest BCUT2D eigenvalue weighted by atomic mass is 9.66. The minimum absolute atomic E-state index is 0.693. The molecule has 158 valence electrons. The highest BCUT2D eigenvalue weighted by Gasteiger charge is 2.66. The van der Waals surface area contributed by atoms with Crippen LogP contribution in [0.15, 0.2) is 93.9 Å². The minimum atomic E-state index is -0.724. The molecule has 0 saturated heterocycles. The summed E-state index contributed by atoms with van der Waals surface area (Å²) in [6.45, 7) is 0. The molecule has 0 amide bonds. The Balaban J connectivity index is 1.83. The maximum Gasteiger partial charge on any atom is 0.124 e. The van der Waals surface area contributed by atoms with Crippen LogP contribution in [0.2, 0.25) is 10.0 Å². The lowest BCUT2D eigenvalue weighted by Crippen LogP contribution is -2.52. The third kappa shape index (κ3) is 2.58. The van der Waals surface area contributed by atoms with E-state index in [0.717, 1.165) is 42.6 Å². The van der Waals surface area contributed by atoms with Crippen LogP contribution in [0.25, 0.3) is 0 Å². The van der Waals surface area contributed by atoms with Crippen molar-refractivity contribution in [1.29, 1.82) is 0 Å². The number of nitrogens with one attached hydrogen (secondary N) is 2. The number of halogens is 4. The van der Waals surface area contributed by atoms with Gasteiger partial charge in [-0.15, -0.1) is 0 Å². The summed E-state index contributed by atoms with van der Waals surface area (Å²) in [6.07, 6.45) is 0. The molecule has 2 unspecified atom stereocenters. The van der Waals surface area contributed by atoms with Gasteiger partial charge in [-0.05, 0) is 48.5 Å². The third-order valence-electron chi connectivity index (χ3n) is 6.53. The van der Waals surface area contributed by atoms with Gasteiger partial charge < -0.3 is 10.6 Å². The zero-order chi connectivity index (χ0) is 22.1. The van der Waals surface area contributed by atoms with Crippen LogP contribution in [0, 0.1) is 0 Å². The second kappa shape index (κ2) is 7.26. The molecule has 32 heavy (non-hydrogen) atoms. The number of benzene rings is 4. The van der Waals surface area contributed by atoms with Crippen molar-refractivity contribution in [3.05, 3.63) is 126 Å². The summed E-state index contributed by atoms with van der Waals surface area (Å²) in [5.41, 5.74) is 4.80. The van der Waals surface area contributed by atoms with Crippen molar-refractivity contribution in [1.82, 2.24) is 0 Å². The summed E-state index contributed by atoms with van der Waals surface area (Å²) in [7, 11) is 0. The first-order valence-electron chi connectivity index (χ1n) is 10.1. The summed E-state index contributed by atoms with van der Waals surface area (Å²) in [4.78, 5) is 0. The molecule has 2 aliphatic heterocycles. The van der Waals surface area contributed by atoms with Crippen LogP contribution in [0.1, 0.15) is 22.3 Å². The fourth-order valence-electron chi connectivity index (χ4n) is 5.36. The molecule has 2 N–H and O–H groups in total. The van der Waals surface area contributed by atoms with Crippen molar-refractivity contribution in [2.75, 3.05) is 10.6 Å². The van der Waals surface area contributed by atoms with Gasteiger partial charge in [0.2, 0.25) is 0 Å². The van der Waals surface area contributed by atoms with Gasteiger partial charge in [0.15, 0.2) is 0 Å². The predicted molar refractivity (Wildman–Crippen MR) is 140 cm³/mol. The van der Waals surface area contributed by atoms with Crippen molar-refractivity contribution in [2.45, 2.75) is 11.1 Å². The maximum atomic E-state index is 6.91. The van der Waals surface area contributed by atoms with E-state index in [1.165, 1.54) is 0 Å². The van der Waals surface area contributed by atoms with Crippen LogP contribution < -0.4 is 10.6 Å². The third-order valence-corrected chi connectivity index (χ3v) is 8.18. The standard InChI is InChI=1S/C26H16Br2Cl2N2/c27-15-9-11-23-19(13-15)25(17-5-1-3-7-21(17)29)26(32-23,18-6-2-4-8-22(18)30)20-14-16(28)10-12-24(20)31-25/h1-14,31-32H. The number of anilines is 2. The number of hydrogen-bond donors (Lipinski definition) is 2. The first-order chi connectivity index (χ1) is 15.5. The zero-order valence-electron chi connectivity index (χ0n) is 16.6. The molecular formula is C26H16Br2Cl2N2. The van der Waals surface area contributed by atoms with Gasteiger partial charge in [-0.2, -0.15) is 0 Å². The van der Waals surface area contributed by atoms with Crippen molar-refractivity contribution in [2.24, 2.45) is 0 Å². The summed E-state index contributed by atoms with van der Waals surface area (Å²) in [5, 5.41) is 9.18. The number of rotatable bonds is 2. The average molecular weight is 587 g/mol. The highest BCUT2D eigenvalue weighted by molar-refractivity contribution is 9.10. The number of fused-ring (bicyclic) bond motifs is 5. The molecule has 0 aliphatic carbocycles. The van der Waals surface area contributed by atoms with Crippen molar-refractivity contribution < 1.29 is 0 Å². The average Bonchev–Trinajstić information content (AvgIpc) is 3.22. The van der Waals surface area contributed by atoms with Crippen LogP contribution in [0.4, 0.5) is 11.4 Å². The predicted octanol–water partition coefficient (Wildman–Crippen LogP) is 8.56. The lowest BCUT2D eigenvalue weighted by molar-refractivity contribution is 0.439. The van der Waals surface area contributed by atoms with E-state index in [9.17, 15) is 0 Å². The van der Waals surface area contributed by atoms with E-state index in [2.05, 4.69) is 91.0 Å². The Hall–Kier alpha value is -1.98. The number of hydrogen-bond acceptors (Lipinski definition) is 2. The normalized spacial score (nSPS) is 22.5. The topological polar surface area (TPSA) is 24.1 Å². The molecule has 2 nitrogen and oxygen atoms in total. The molecule has 0 bridgehead atoms. The van der Waals surface area contributed by atoms with Crippen LogP contribution in [-0.4, -0.2) is 0 Å². The summed E-state index contributed by atoms with van der Waals surface area (Å²) in [5.74, 6) is 0. The van der Waals surface area contributed by atoms with E-state index < -0.39 is 11.1 Å². The first kappa shape index (κ1) is 20.6. The SMILES string of the molecule is Clc1ccccc1C12Nc3ccc(Br)cc3C1(c1ccccc1Cl)Nc1ccc(Br)cc12. The van der Waals surface area contributed by atoms with Crippen molar-refractivity contribution >= 4 is 66.4 Å². The van der Waals surface area contributed by atoms with E-state index in [0.29, 0.717) is 10.0 Å². The molecule has 0 aromatic heterocycles. The van der Waals surface area contributed by atoms with Gasteiger partial charge in [0.1, 0.15) is 11.1 Å². The molecule has 2 aliphatic rings. The largest absolute Gasteiger partial charge is 0.369 e. The Morgan fingerprint density at radius 1 is 0.531 bits per heavy atom. The fraction of sp³-hybridized carbons (Fsp3) is 0.0769. The van der Waals surface area contributed by atoms with Crippen molar-refractivity contribution in [3.8, 4) is 0 Å². The summed E-state index contributed by atoms with van der Waals surface area (Å²) < 4.78 is 2.00. The molecule has 4 aromatic rings. The molecule has 0 saturated carbocycles. The summed E-state index contributed by atoms with van der Waals surface area (Å²) in [6, 6.07) is 28.7. The Morgan fingerprint density at radius 3 is 1.34 bits per heavy atom. The second-order valence-corrected chi connectivity index (χ2v) is 10.7. The van der Waals surface area contributed by atoms with E-state index in [1.807, 2.05) is 36.4 Å². The highest BCUT2D eigenvalue weighted by atomic mass is 79.9. The zero-order valence-corrected chi connectivity index (χ0v) is 21.3. The molecular weight excluding hydrogens is 571 g/mol. The minimum Gasteiger partial charge on any atom is -0.369 e. The molecule has 6 rings (SSSR count). The lowest BCUT2D eigenvalue weighted by Gasteiger charge is -2.43. The quantitative estimate of drug-likeness (QED) is 0.246. The van der Waals surface area contributed by atoms with E-state index >= 15 is 0 Å². The Labute approximate surface area is 213 Å². The molecule has 2 atom stereocenters. The van der Waals surface area contributed by atoms with Crippen LogP contribution >= 0.6 is 55.1 Å². The molecule has 4 aromatic carbocycles. The van der Waals surface area contributed by atoms with Gasteiger partial charge in [-0.1, -0.05) is 91.5 Å². The Bertz CT molecular complexity index is 1300. The van der Waals surface area contributed by atoms with E-state index in [4.69, 9.17) is 23.2 Å². The molecule has 0 spiro atoms. The molecule has 0 fully saturated rings. The highest BCUT2D eigenvalue weighted by Crippen LogP contribution is 2.66. The van der Waals surface area contributed by atoms with Gasteiger partial charge in [0.05, 0.1) is 0 Å². The Kier molecular flexibility index (Phi) is 4.68. The smallest absolute Gasteiger partial charge is 0.124 e. The second-order valence-electron chi connectivity index (χ2n) is 8.09. The maximum absolute atomic E-state index is 6.91. The molecule has 6 heteroatoms.